The summed E-state index contributed by atoms with van der Waals surface area (Å²) in [6.45, 7) is 0.269. The van der Waals surface area contributed by atoms with E-state index >= 15 is 0 Å². The molecule has 0 saturated carbocycles. The first-order chi connectivity index (χ1) is 14.0. The van der Waals surface area contributed by atoms with Gasteiger partial charge in [-0.05, 0) is 58.0 Å². The van der Waals surface area contributed by atoms with Gasteiger partial charge in [-0.2, -0.15) is 9.07 Å². The molecule has 0 bridgehead atoms. The van der Waals surface area contributed by atoms with E-state index in [4.69, 9.17) is 23.2 Å². The Kier molecular flexibility index (Phi) is 5.37. The summed E-state index contributed by atoms with van der Waals surface area (Å²) in [7, 11) is 0. The summed E-state index contributed by atoms with van der Waals surface area (Å²) in [5, 5.41) is 15.4. The van der Waals surface area contributed by atoms with E-state index < -0.39 is 11.8 Å². The van der Waals surface area contributed by atoms with Crippen LogP contribution in [0.5, 0.6) is 0 Å². The number of nitrogens with zero attached hydrogens (tertiary/aromatic N) is 5. The maximum absolute atomic E-state index is 13.8. The standard InChI is InChI=1S/C19H12Cl2F2N6/c20-15-2-1-3-16(18(15)21)29-19(26-27-28-29)25-10-11-4-6-13(22)8-14(11)12-5-7-17(23)24-9-12/h1-9H,10H2,(H,25,26,28). The zero-order valence-corrected chi connectivity index (χ0v) is 16.2. The first-order valence-electron chi connectivity index (χ1n) is 8.40. The Bertz CT molecular complexity index is 1160. The summed E-state index contributed by atoms with van der Waals surface area (Å²) in [4.78, 5) is 3.63. The predicted octanol–water partition coefficient (Wildman–Crippen LogP) is 4.92. The highest BCUT2D eigenvalue weighted by atomic mass is 35.5. The molecule has 2 aromatic heterocycles. The second-order valence-corrected chi connectivity index (χ2v) is 6.80. The number of hydrogen-bond donors (Lipinski definition) is 1. The normalized spacial score (nSPS) is 10.9. The summed E-state index contributed by atoms with van der Waals surface area (Å²) in [5.74, 6) is -0.701. The lowest BCUT2D eigenvalue weighted by Gasteiger charge is -2.12. The Morgan fingerprint density at radius 2 is 1.90 bits per heavy atom. The molecule has 0 fully saturated rings. The molecular formula is C19H12Cl2F2N6. The second kappa shape index (κ2) is 8.10. The van der Waals surface area contributed by atoms with Gasteiger partial charge in [0.25, 0.3) is 0 Å². The number of nitrogens with one attached hydrogen (secondary N) is 1. The number of aromatic nitrogens is 5. The van der Waals surface area contributed by atoms with Crippen LogP contribution in [0.1, 0.15) is 5.56 Å². The van der Waals surface area contributed by atoms with Gasteiger partial charge in [0, 0.05) is 18.3 Å². The lowest BCUT2D eigenvalue weighted by molar-refractivity contribution is 0.584. The molecule has 0 atom stereocenters. The minimum atomic E-state index is -0.609. The third kappa shape index (κ3) is 4.03. The Morgan fingerprint density at radius 3 is 2.69 bits per heavy atom. The predicted molar refractivity (Wildman–Crippen MR) is 106 cm³/mol. The highest BCUT2D eigenvalue weighted by Crippen LogP contribution is 2.30. The van der Waals surface area contributed by atoms with Crippen LogP contribution in [0.4, 0.5) is 14.7 Å². The molecular weight excluding hydrogens is 421 g/mol. The Hall–Kier alpha value is -3.10. The second-order valence-electron chi connectivity index (χ2n) is 6.01. The molecule has 4 rings (SSSR count). The maximum atomic E-state index is 13.8. The number of pyridine rings is 1. The summed E-state index contributed by atoms with van der Waals surface area (Å²) >= 11 is 12.3. The molecule has 29 heavy (non-hydrogen) atoms. The average Bonchev–Trinajstić information content (AvgIpc) is 3.18. The van der Waals surface area contributed by atoms with Gasteiger partial charge >= 0.3 is 0 Å². The first kappa shape index (κ1) is 19.2. The average molecular weight is 433 g/mol. The van der Waals surface area contributed by atoms with Gasteiger partial charge in [0.1, 0.15) is 5.82 Å². The molecule has 0 aliphatic rings. The molecule has 2 aromatic carbocycles. The van der Waals surface area contributed by atoms with Crippen molar-refractivity contribution in [2.75, 3.05) is 5.32 Å². The number of hydrogen-bond acceptors (Lipinski definition) is 5. The molecule has 0 radical (unpaired) electrons. The van der Waals surface area contributed by atoms with Crippen molar-refractivity contribution in [3.05, 3.63) is 82.1 Å². The van der Waals surface area contributed by atoms with E-state index in [9.17, 15) is 8.78 Å². The zero-order chi connectivity index (χ0) is 20.4. The van der Waals surface area contributed by atoms with Gasteiger partial charge in [-0.25, -0.2) is 9.37 Å². The highest BCUT2D eigenvalue weighted by Gasteiger charge is 2.14. The van der Waals surface area contributed by atoms with E-state index in [2.05, 4.69) is 25.8 Å². The fourth-order valence-corrected chi connectivity index (χ4v) is 3.17. The topological polar surface area (TPSA) is 68.5 Å². The largest absolute Gasteiger partial charge is 0.349 e. The molecule has 6 nitrogen and oxygen atoms in total. The van der Waals surface area contributed by atoms with Gasteiger partial charge in [0.2, 0.25) is 11.9 Å². The van der Waals surface area contributed by atoms with E-state index in [1.165, 1.54) is 35.1 Å². The zero-order valence-electron chi connectivity index (χ0n) is 14.7. The van der Waals surface area contributed by atoms with Crippen molar-refractivity contribution in [2.24, 2.45) is 0 Å². The van der Waals surface area contributed by atoms with Crippen LogP contribution in [0.2, 0.25) is 10.0 Å². The number of halogens is 4. The number of benzene rings is 2. The Balaban J connectivity index is 1.64. The molecule has 1 N–H and O–H groups in total. The van der Waals surface area contributed by atoms with Crippen LogP contribution >= 0.6 is 23.2 Å². The van der Waals surface area contributed by atoms with Crippen molar-refractivity contribution in [1.82, 2.24) is 25.2 Å². The molecule has 0 amide bonds. The molecule has 0 unspecified atom stereocenters. The molecule has 2 heterocycles. The van der Waals surface area contributed by atoms with Crippen molar-refractivity contribution in [3.8, 4) is 16.8 Å². The molecule has 0 aliphatic carbocycles. The molecule has 4 aromatic rings. The van der Waals surface area contributed by atoms with E-state index in [1.807, 2.05) is 0 Å². The summed E-state index contributed by atoms with van der Waals surface area (Å²) in [6.07, 6.45) is 1.35. The maximum Gasteiger partial charge on any atom is 0.248 e. The van der Waals surface area contributed by atoms with Gasteiger partial charge < -0.3 is 5.32 Å². The smallest absolute Gasteiger partial charge is 0.248 e. The van der Waals surface area contributed by atoms with Crippen LogP contribution in [0.25, 0.3) is 16.8 Å². The van der Waals surface area contributed by atoms with Crippen LogP contribution < -0.4 is 5.32 Å². The van der Waals surface area contributed by atoms with Gasteiger partial charge in [-0.1, -0.05) is 40.4 Å². The first-order valence-corrected chi connectivity index (χ1v) is 9.15. The van der Waals surface area contributed by atoms with E-state index in [1.54, 1.807) is 24.3 Å². The molecule has 0 saturated heterocycles. The Morgan fingerprint density at radius 1 is 1.03 bits per heavy atom. The SMILES string of the molecule is Fc1ccc(CNc2nnnn2-c2cccc(Cl)c2Cl)c(-c2ccc(F)nc2)c1. The third-order valence-corrected chi connectivity index (χ3v) is 4.99. The molecule has 0 spiro atoms. The fourth-order valence-electron chi connectivity index (χ4n) is 2.80. The van der Waals surface area contributed by atoms with Crippen LogP contribution in [-0.4, -0.2) is 25.2 Å². The summed E-state index contributed by atoms with van der Waals surface area (Å²) in [6, 6.07) is 12.2. The van der Waals surface area contributed by atoms with E-state index in [-0.39, 0.29) is 6.54 Å². The van der Waals surface area contributed by atoms with Gasteiger partial charge in [-0.15, -0.1) is 0 Å². The molecule has 0 aliphatic heterocycles. The van der Waals surface area contributed by atoms with Gasteiger partial charge in [0.15, 0.2) is 0 Å². The van der Waals surface area contributed by atoms with Gasteiger partial charge in [0.05, 0.1) is 15.7 Å². The number of tetrazole rings is 1. The van der Waals surface area contributed by atoms with Crippen molar-refractivity contribution in [2.45, 2.75) is 6.54 Å². The van der Waals surface area contributed by atoms with Gasteiger partial charge in [-0.3, -0.25) is 0 Å². The van der Waals surface area contributed by atoms with E-state index in [0.717, 1.165) is 5.56 Å². The Labute approximate surface area is 174 Å². The fraction of sp³-hybridized carbons (Fsp3) is 0.0526. The van der Waals surface area contributed by atoms with Crippen LogP contribution in [0, 0.1) is 11.8 Å². The number of anilines is 1. The van der Waals surface area contributed by atoms with Crippen molar-refractivity contribution >= 4 is 29.2 Å². The van der Waals surface area contributed by atoms with Crippen LogP contribution in [0.3, 0.4) is 0 Å². The minimum Gasteiger partial charge on any atom is -0.349 e. The van der Waals surface area contributed by atoms with Crippen molar-refractivity contribution < 1.29 is 8.78 Å². The van der Waals surface area contributed by atoms with Crippen LogP contribution in [-0.2, 0) is 6.54 Å². The number of rotatable bonds is 5. The summed E-state index contributed by atoms with van der Waals surface area (Å²) < 4.78 is 28.4. The lowest BCUT2D eigenvalue weighted by Crippen LogP contribution is -2.09. The quantitative estimate of drug-likeness (QED) is 0.453. The van der Waals surface area contributed by atoms with E-state index in [0.29, 0.717) is 32.8 Å². The monoisotopic (exact) mass is 432 g/mol. The molecule has 146 valence electrons. The van der Waals surface area contributed by atoms with Crippen molar-refractivity contribution in [1.29, 1.82) is 0 Å². The highest BCUT2D eigenvalue weighted by molar-refractivity contribution is 6.43. The minimum absolute atomic E-state index is 0.269. The summed E-state index contributed by atoms with van der Waals surface area (Å²) in [5.41, 5.74) is 2.41. The third-order valence-electron chi connectivity index (χ3n) is 4.18. The van der Waals surface area contributed by atoms with Crippen molar-refractivity contribution in [3.63, 3.8) is 0 Å². The molecule has 10 heteroatoms. The lowest BCUT2D eigenvalue weighted by atomic mass is 10.0. The van der Waals surface area contributed by atoms with Crippen LogP contribution in [0.15, 0.2) is 54.7 Å².